The molecule has 0 aliphatic rings. The molecule has 8 heavy (non-hydrogen) atoms. The molecule has 0 atom stereocenters. The highest BCUT2D eigenvalue weighted by atomic mass is 35.5. The van der Waals surface area contributed by atoms with Crippen molar-refractivity contribution in [1.82, 2.24) is 5.01 Å². The normalized spacial score (nSPS) is 9.38. The fraction of sp³-hybridized carbons (Fsp3) is 1.00. The van der Waals surface area contributed by atoms with Gasteiger partial charge >= 0.3 is 0 Å². The van der Waals surface area contributed by atoms with Crippen molar-refractivity contribution in [2.75, 3.05) is 19.5 Å². The Morgan fingerprint density at radius 2 is 2.50 bits per heavy atom. The molecule has 0 aromatic carbocycles. The summed E-state index contributed by atoms with van der Waals surface area (Å²) in [7, 11) is 1.70. The highest BCUT2D eigenvalue weighted by Gasteiger charge is 1.88. The van der Waals surface area contributed by atoms with Gasteiger partial charge in [-0.05, 0) is 0 Å². The number of hydrogen-bond acceptors (Lipinski definition) is 2. The molecule has 0 radical (unpaired) electrons. The number of nitrogens with zero attached hydrogens (tertiary/aromatic N) is 2. The van der Waals surface area contributed by atoms with Gasteiger partial charge in [0.05, 0.1) is 0 Å². The van der Waals surface area contributed by atoms with Crippen LogP contribution < -0.4 is 0 Å². The minimum atomic E-state index is 0.192. The maximum atomic E-state index is 9.68. The predicted molar refractivity (Wildman–Crippen MR) is 33.9 cm³/mol. The van der Waals surface area contributed by atoms with E-state index in [9.17, 15) is 4.21 Å². The largest absolute Gasteiger partial charge is 0.217 e. The van der Waals surface area contributed by atoms with Crippen molar-refractivity contribution in [2.24, 2.45) is 4.47 Å². The van der Waals surface area contributed by atoms with Crippen LogP contribution in [0, 0.1) is 0 Å². The molecule has 48 valence electrons. The Kier molecular flexibility index (Phi) is 5.26. The summed E-state index contributed by atoms with van der Waals surface area (Å²) >= 11 is 5.51. The van der Waals surface area contributed by atoms with Gasteiger partial charge in [-0.25, -0.2) is 0 Å². The van der Waals surface area contributed by atoms with Crippen LogP contribution in [-0.4, -0.2) is 28.7 Å². The van der Waals surface area contributed by atoms with Gasteiger partial charge in [0, 0.05) is 19.5 Å². The molecule has 0 saturated carbocycles. The van der Waals surface area contributed by atoms with E-state index in [2.05, 4.69) is 4.47 Å². The molecule has 0 spiro atoms. The number of alkyl halides is 1. The maximum Gasteiger partial charge on any atom is 0.217 e. The van der Waals surface area contributed by atoms with Gasteiger partial charge in [0.1, 0.15) is 0 Å². The average Bonchev–Trinajstić information content (AvgIpc) is 1.68. The van der Waals surface area contributed by atoms with Gasteiger partial charge in [0.25, 0.3) is 0 Å². The Balaban J connectivity index is 3.31. The number of hydrogen-bond donors (Lipinski definition) is 0. The predicted octanol–water partition coefficient (Wildman–Crippen LogP) is 0.469. The lowest BCUT2D eigenvalue weighted by Crippen LogP contribution is -2.12. The zero-order chi connectivity index (χ0) is 6.41. The van der Waals surface area contributed by atoms with Gasteiger partial charge in [-0.3, -0.25) is 0 Å². The Labute approximate surface area is 56.8 Å². The lowest BCUT2D eigenvalue weighted by atomic mass is 10.7. The molecule has 0 rings (SSSR count). The van der Waals surface area contributed by atoms with Crippen molar-refractivity contribution in [1.29, 1.82) is 0 Å². The van der Waals surface area contributed by atoms with Gasteiger partial charge in [0.15, 0.2) is 0 Å². The minimum Gasteiger partial charge on any atom is -0.190 e. The molecule has 0 aromatic rings. The van der Waals surface area contributed by atoms with Crippen LogP contribution in [0.5, 0.6) is 0 Å². The summed E-state index contributed by atoms with van der Waals surface area (Å²) in [6.45, 7) is 0.622. The van der Waals surface area contributed by atoms with Crippen molar-refractivity contribution in [3.63, 3.8) is 0 Å². The monoisotopic (exact) mass is 154 g/mol. The summed E-state index contributed by atoms with van der Waals surface area (Å²) in [6.07, 6.45) is 0. The van der Waals surface area contributed by atoms with Gasteiger partial charge in [-0.1, -0.05) is 0 Å². The Bertz CT molecular complexity index is 103. The molecular weight excluding hydrogens is 148 g/mol. The Morgan fingerprint density at radius 1 is 1.88 bits per heavy atom. The van der Waals surface area contributed by atoms with E-state index in [1.165, 1.54) is 5.01 Å². The van der Waals surface area contributed by atoms with Gasteiger partial charge in [-0.15, -0.1) is 16.1 Å². The second kappa shape index (κ2) is 5.21. The summed E-state index contributed by atoms with van der Waals surface area (Å²) in [5.41, 5.74) is 0. The molecule has 0 unspecified atom stereocenters. The second-order valence-electron chi connectivity index (χ2n) is 1.23. The van der Waals surface area contributed by atoms with E-state index in [4.69, 9.17) is 11.6 Å². The highest BCUT2D eigenvalue weighted by molar-refractivity contribution is 7.54. The van der Waals surface area contributed by atoms with E-state index in [-0.39, 0.29) is 11.5 Å². The van der Waals surface area contributed by atoms with Gasteiger partial charge < -0.3 is 0 Å². The van der Waals surface area contributed by atoms with Gasteiger partial charge in [0.2, 0.25) is 11.5 Å². The average molecular weight is 155 g/mol. The minimum absolute atomic E-state index is 0.192. The first-order valence-electron chi connectivity index (χ1n) is 2.08. The van der Waals surface area contributed by atoms with Crippen molar-refractivity contribution >= 4 is 23.1 Å². The lowest BCUT2D eigenvalue weighted by Gasteiger charge is -2.01. The molecule has 3 nitrogen and oxygen atoms in total. The topological polar surface area (TPSA) is 32.7 Å². The molecule has 0 aromatic heterocycles. The first-order chi connectivity index (χ1) is 3.81. The molecule has 0 heterocycles. The molecule has 0 amide bonds. The molecule has 0 saturated heterocycles. The Morgan fingerprint density at radius 3 is 2.88 bits per heavy atom. The van der Waals surface area contributed by atoms with E-state index in [0.29, 0.717) is 12.4 Å². The van der Waals surface area contributed by atoms with Crippen molar-refractivity contribution in [3.8, 4) is 0 Å². The third-order valence-electron chi connectivity index (χ3n) is 0.581. The molecule has 0 fully saturated rings. The molecular formula is C3H7ClN2OS. The van der Waals surface area contributed by atoms with Crippen LogP contribution in [0.1, 0.15) is 0 Å². The molecule has 0 N–H and O–H groups in total. The zero-order valence-electron chi connectivity index (χ0n) is 4.50. The second-order valence-corrected chi connectivity index (χ2v) is 1.92. The summed E-state index contributed by atoms with van der Waals surface area (Å²) in [6, 6.07) is 0. The van der Waals surface area contributed by atoms with Crippen LogP contribution in [0.15, 0.2) is 4.47 Å². The fourth-order valence-corrected chi connectivity index (χ4v) is 0.660. The maximum absolute atomic E-state index is 9.68. The fourth-order valence-electron chi connectivity index (χ4n) is 0.220. The molecule has 5 heteroatoms. The van der Waals surface area contributed by atoms with Crippen LogP contribution in [-0.2, 0) is 11.5 Å². The molecule has 0 aliphatic carbocycles. The third-order valence-corrected chi connectivity index (χ3v) is 1.10. The van der Waals surface area contributed by atoms with Crippen LogP contribution in [0.4, 0.5) is 0 Å². The summed E-state index contributed by atoms with van der Waals surface area (Å²) in [4.78, 5) is 0. The van der Waals surface area contributed by atoms with Crippen LogP contribution in [0.3, 0.4) is 0 Å². The quantitative estimate of drug-likeness (QED) is 0.437. The van der Waals surface area contributed by atoms with Crippen molar-refractivity contribution < 1.29 is 4.21 Å². The summed E-state index contributed by atoms with van der Waals surface area (Å²) in [5.74, 6) is 0.501. The van der Waals surface area contributed by atoms with Crippen LogP contribution in [0.25, 0.3) is 0 Å². The van der Waals surface area contributed by atoms with Crippen molar-refractivity contribution in [3.05, 3.63) is 0 Å². The van der Waals surface area contributed by atoms with Crippen molar-refractivity contribution in [2.45, 2.75) is 0 Å². The highest BCUT2D eigenvalue weighted by Crippen LogP contribution is 1.82. The van der Waals surface area contributed by atoms with Crippen LogP contribution in [0.2, 0.25) is 0 Å². The van der Waals surface area contributed by atoms with E-state index in [1.807, 2.05) is 0 Å². The number of halogens is 1. The summed E-state index contributed by atoms with van der Waals surface area (Å²) in [5, 5.41) is 1.50. The lowest BCUT2D eigenvalue weighted by molar-refractivity contribution is 0.384. The SMILES string of the molecule is CN(CCCl)N=S=O. The van der Waals surface area contributed by atoms with Gasteiger partial charge in [-0.2, -0.15) is 9.22 Å². The molecule has 0 bridgehead atoms. The first kappa shape index (κ1) is 8.07. The third kappa shape index (κ3) is 4.23. The Hall–Kier alpha value is 0.0700. The molecule has 0 aliphatic heterocycles. The zero-order valence-corrected chi connectivity index (χ0v) is 6.08. The van der Waals surface area contributed by atoms with E-state index >= 15 is 0 Å². The smallest absolute Gasteiger partial charge is 0.190 e. The van der Waals surface area contributed by atoms with E-state index < -0.39 is 0 Å². The summed E-state index contributed by atoms with van der Waals surface area (Å²) < 4.78 is 13.1. The number of rotatable bonds is 3. The van der Waals surface area contributed by atoms with E-state index in [0.717, 1.165) is 0 Å². The van der Waals surface area contributed by atoms with E-state index in [1.54, 1.807) is 7.05 Å². The standard InChI is InChI=1S/C3H7ClN2OS/c1-6(3-2-4)5-8-7/h2-3H2,1H3. The first-order valence-corrected chi connectivity index (χ1v) is 3.31. The van der Waals surface area contributed by atoms with Crippen LogP contribution >= 0.6 is 11.6 Å².